The number of aromatic nitrogens is 4. The lowest BCUT2D eigenvalue weighted by Crippen LogP contribution is -2.43. The largest absolute Gasteiger partial charge is 0.442 e. The molecule has 2 aromatic heterocycles. The van der Waals surface area contributed by atoms with Crippen LogP contribution < -0.4 is 11.1 Å². The summed E-state index contributed by atoms with van der Waals surface area (Å²) in [4.78, 5) is 32.1. The number of hydrogen-bond acceptors (Lipinski definition) is 6. The number of rotatable bonds is 4. The number of nitrogens with one attached hydrogen (secondary N) is 1. The maximum atomic E-state index is 12.3. The minimum Gasteiger partial charge on any atom is -0.352 e. The van der Waals surface area contributed by atoms with Crippen molar-refractivity contribution >= 4 is 5.91 Å². The second kappa shape index (κ2) is 6.72. The predicted molar refractivity (Wildman–Crippen MR) is 81.4 cm³/mol. The number of hydrogen-bond donors (Lipinski definition) is 1. The van der Waals surface area contributed by atoms with Gasteiger partial charge < -0.3 is 5.32 Å². The molecule has 1 fully saturated rings. The van der Waals surface area contributed by atoms with Gasteiger partial charge in [0.15, 0.2) is 5.82 Å². The van der Waals surface area contributed by atoms with Crippen LogP contribution in [0.15, 0.2) is 27.8 Å². The molecular formula is C15H19N5O3. The highest BCUT2D eigenvalue weighted by Crippen LogP contribution is 2.23. The maximum absolute atomic E-state index is 12.3. The Kier molecular flexibility index (Phi) is 4.50. The third-order valence-corrected chi connectivity index (χ3v) is 4.21. The lowest BCUT2D eigenvalue weighted by Gasteiger charge is -2.29. The Labute approximate surface area is 132 Å². The van der Waals surface area contributed by atoms with Crippen molar-refractivity contribution in [2.24, 2.45) is 5.92 Å². The van der Waals surface area contributed by atoms with Crippen LogP contribution in [0.25, 0.3) is 11.6 Å². The molecule has 1 aliphatic rings. The molecule has 1 amide bonds. The normalized spacial score (nSPS) is 21.1. The molecule has 2 heterocycles. The summed E-state index contributed by atoms with van der Waals surface area (Å²) in [5.74, 6) is -0.0750. The standard InChI is InChI=1S/C15H19N5O3/c1-10-5-2-3-6-11(10)18-12(21)9-20-14(19-23-15(20)22)13-16-7-4-8-17-13/h4,7-8,10-11H,2-3,5-6,9H2,1H3,(H,18,21)/t10-,11+/m1/s1. The van der Waals surface area contributed by atoms with Crippen molar-refractivity contribution in [2.75, 3.05) is 0 Å². The van der Waals surface area contributed by atoms with Crippen LogP contribution in [-0.4, -0.2) is 31.6 Å². The van der Waals surface area contributed by atoms with Gasteiger partial charge in [-0.05, 0) is 24.8 Å². The predicted octanol–water partition coefficient (Wildman–Crippen LogP) is 0.988. The highest BCUT2D eigenvalue weighted by Gasteiger charge is 2.24. The SMILES string of the molecule is C[C@@H]1CCCC[C@@H]1NC(=O)Cn1c(-c2ncccn2)noc1=O. The van der Waals surface area contributed by atoms with Crippen LogP contribution in [-0.2, 0) is 11.3 Å². The first-order chi connectivity index (χ1) is 11.1. The molecule has 0 aliphatic heterocycles. The molecule has 0 saturated heterocycles. The highest BCUT2D eigenvalue weighted by molar-refractivity contribution is 5.76. The van der Waals surface area contributed by atoms with Gasteiger partial charge >= 0.3 is 5.76 Å². The molecule has 1 N–H and O–H groups in total. The molecule has 0 radical (unpaired) electrons. The van der Waals surface area contributed by atoms with Gasteiger partial charge in [0.25, 0.3) is 0 Å². The zero-order chi connectivity index (χ0) is 16.2. The van der Waals surface area contributed by atoms with Crippen molar-refractivity contribution in [3.05, 3.63) is 29.0 Å². The molecule has 2 atom stereocenters. The van der Waals surface area contributed by atoms with E-state index in [1.807, 2.05) is 0 Å². The topological polar surface area (TPSA) is 103 Å². The van der Waals surface area contributed by atoms with Crippen LogP contribution in [0.3, 0.4) is 0 Å². The van der Waals surface area contributed by atoms with Gasteiger partial charge in [-0.25, -0.2) is 19.3 Å². The van der Waals surface area contributed by atoms with E-state index in [1.165, 1.54) is 18.8 Å². The van der Waals surface area contributed by atoms with E-state index in [9.17, 15) is 9.59 Å². The Balaban J connectivity index is 1.74. The van der Waals surface area contributed by atoms with Crippen molar-refractivity contribution in [1.82, 2.24) is 25.0 Å². The first-order valence-corrected chi connectivity index (χ1v) is 7.78. The minimum absolute atomic E-state index is 0.154. The molecule has 0 aromatic carbocycles. The summed E-state index contributed by atoms with van der Waals surface area (Å²) >= 11 is 0. The van der Waals surface area contributed by atoms with Crippen molar-refractivity contribution in [3.8, 4) is 11.6 Å². The number of carbonyl (C=O) groups is 1. The summed E-state index contributed by atoms with van der Waals surface area (Å²) in [6.07, 6.45) is 7.48. The monoisotopic (exact) mass is 317 g/mol. The van der Waals surface area contributed by atoms with Gasteiger partial charge in [0.05, 0.1) is 0 Å². The summed E-state index contributed by atoms with van der Waals surface area (Å²) in [7, 11) is 0. The van der Waals surface area contributed by atoms with E-state index in [-0.39, 0.29) is 30.1 Å². The second-order valence-electron chi connectivity index (χ2n) is 5.87. The van der Waals surface area contributed by atoms with E-state index in [2.05, 4.69) is 31.9 Å². The first-order valence-electron chi connectivity index (χ1n) is 7.78. The van der Waals surface area contributed by atoms with Gasteiger partial charge in [-0.3, -0.25) is 9.32 Å². The van der Waals surface area contributed by atoms with Gasteiger partial charge in [0.1, 0.15) is 6.54 Å². The van der Waals surface area contributed by atoms with E-state index in [4.69, 9.17) is 0 Å². The van der Waals surface area contributed by atoms with Crippen LogP contribution >= 0.6 is 0 Å². The minimum atomic E-state index is -0.695. The van der Waals surface area contributed by atoms with Crippen molar-refractivity contribution in [1.29, 1.82) is 0 Å². The molecule has 8 nitrogen and oxygen atoms in total. The first kappa shape index (κ1) is 15.4. The third-order valence-electron chi connectivity index (χ3n) is 4.21. The lowest BCUT2D eigenvalue weighted by molar-refractivity contribution is -0.123. The van der Waals surface area contributed by atoms with Crippen LogP contribution in [0.4, 0.5) is 0 Å². The van der Waals surface area contributed by atoms with Crippen LogP contribution in [0.2, 0.25) is 0 Å². The fraction of sp³-hybridized carbons (Fsp3) is 0.533. The van der Waals surface area contributed by atoms with E-state index in [1.54, 1.807) is 6.07 Å². The molecule has 0 bridgehead atoms. The van der Waals surface area contributed by atoms with Crippen molar-refractivity contribution < 1.29 is 9.32 Å². The molecule has 0 spiro atoms. The fourth-order valence-electron chi connectivity index (χ4n) is 2.91. The molecule has 0 unspecified atom stereocenters. The lowest BCUT2D eigenvalue weighted by atomic mass is 9.86. The molecular weight excluding hydrogens is 298 g/mol. The van der Waals surface area contributed by atoms with E-state index in [0.29, 0.717) is 5.92 Å². The molecule has 1 aliphatic carbocycles. The molecule has 122 valence electrons. The summed E-state index contributed by atoms with van der Waals surface area (Å²) < 4.78 is 5.81. The Bertz CT molecular complexity index is 724. The fourth-order valence-corrected chi connectivity index (χ4v) is 2.91. The summed E-state index contributed by atoms with van der Waals surface area (Å²) in [6, 6.07) is 1.81. The smallest absolute Gasteiger partial charge is 0.352 e. The quantitative estimate of drug-likeness (QED) is 0.902. The van der Waals surface area contributed by atoms with Gasteiger partial charge in [-0.1, -0.05) is 24.9 Å². The maximum Gasteiger partial charge on any atom is 0.442 e. The third kappa shape index (κ3) is 3.46. The van der Waals surface area contributed by atoms with Crippen LogP contribution in [0, 0.1) is 5.92 Å². The summed E-state index contributed by atoms with van der Waals surface area (Å²) in [6.45, 7) is 1.98. The molecule has 3 rings (SSSR count). The number of carbonyl (C=O) groups excluding carboxylic acids is 1. The van der Waals surface area contributed by atoms with E-state index >= 15 is 0 Å². The van der Waals surface area contributed by atoms with Gasteiger partial charge in [-0.15, -0.1) is 0 Å². The molecule has 23 heavy (non-hydrogen) atoms. The Morgan fingerprint density at radius 3 is 2.83 bits per heavy atom. The van der Waals surface area contributed by atoms with E-state index < -0.39 is 5.76 Å². The molecule has 8 heteroatoms. The van der Waals surface area contributed by atoms with Crippen molar-refractivity contribution in [3.63, 3.8) is 0 Å². The molecule has 2 aromatic rings. The van der Waals surface area contributed by atoms with E-state index in [0.717, 1.165) is 23.8 Å². The Morgan fingerprint density at radius 2 is 2.09 bits per heavy atom. The Hall–Kier alpha value is -2.51. The average molecular weight is 317 g/mol. The van der Waals surface area contributed by atoms with Crippen LogP contribution in [0.1, 0.15) is 32.6 Å². The highest BCUT2D eigenvalue weighted by atomic mass is 16.5. The Morgan fingerprint density at radius 1 is 1.35 bits per heavy atom. The van der Waals surface area contributed by atoms with Gasteiger partial charge in [0.2, 0.25) is 11.7 Å². The number of nitrogens with zero attached hydrogens (tertiary/aromatic N) is 4. The van der Waals surface area contributed by atoms with Gasteiger partial charge in [0, 0.05) is 18.4 Å². The van der Waals surface area contributed by atoms with Gasteiger partial charge in [-0.2, -0.15) is 0 Å². The summed E-state index contributed by atoms with van der Waals surface area (Å²) in [5.41, 5.74) is 0. The van der Waals surface area contributed by atoms with Crippen LogP contribution in [0.5, 0.6) is 0 Å². The summed E-state index contributed by atoms with van der Waals surface area (Å²) in [5, 5.41) is 6.68. The zero-order valence-electron chi connectivity index (χ0n) is 12.9. The zero-order valence-corrected chi connectivity index (χ0v) is 12.9. The molecule has 1 saturated carbocycles. The second-order valence-corrected chi connectivity index (χ2v) is 5.87. The number of amides is 1. The average Bonchev–Trinajstić information content (AvgIpc) is 2.91. The van der Waals surface area contributed by atoms with Crippen molar-refractivity contribution in [2.45, 2.75) is 45.2 Å².